The number of nitrogens with zero attached hydrogens (tertiary/aromatic N) is 1. The summed E-state index contributed by atoms with van der Waals surface area (Å²) in [7, 11) is 0. The predicted molar refractivity (Wildman–Crippen MR) is 51.8 cm³/mol. The molecule has 0 bridgehead atoms. The number of hydrogen-bond donors (Lipinski definition) is 1. The van der Waals surface area contributed by atoms with Crippen molar-refractivity contribution in [2.45, 2.75) is 43.9 Å². The first-order valence-electron chi connectivity index (χ1n) is 5.57. The zero-order valence-corrected chi connectivity index (χ0v) is 8.89. The van der Waals surface area contributed by atoms with Gasteiger partial charge in [0.05, 0.1) is 6.04 Å². The second kappa shape index (κ2) is 4.24. The number of likely N-dealkylation sites (tertiary alicyclic amines) is 1. The summed E-state index contributed by atoms with van der Waals surface area (Å²) in [5, 5.41) is 3.12. The van der Waals surface area contributed by atoms with Gasteiger partial charge in [0.15, 0.2) is 0 Å². The molecule has 1 unspecified atom stereocenters. The number of amides is 1. The highest BCUT2D eigenvalue weighted by atomic mass is 19.4. The molecular formula is C10H15F3N2O. The van der Waals surface area contributed by atoms with Gasteiger partial charge in [-0.15, -0.1) is 0 Å². The molecule has 0 radical (unpaired) electrons. The van der Waals surface area contributed by atoms with Crippen LogP contribution in [0.2, 0.25) is 0 Å². The minimum absolute atomic E-state index is 0.211. The van der Waals surface area contributed by atoms with Gasteiger partial charge in [-0.25, -0.2) is 0 Å². The normalized spacial score (nSPS) is 27.3. The van der Waals surface area contributed by atoms with Gasteiger partial charge < -0.3 is 10.2 Å². The summed E-state index contributed by atoms with van der Waals surface area (Å²) in [4.78, 5) is 12.5. The van der Waals surface area contributed by atoms with E-state index in [1.54, 1.807) is 0 Å². The molecular weight excluding hydrogens is 221 g/mol. The van der Waals surface area contributed by atoms with Gasteiger partial charge >= 0.3 is 6.18 Å². The number of alkyl halides is 3. The van der Waals surface area contributed by atoms with Crippen LogP contribution in [0.15, 0.2) is 0 Å². The van der Waals surface area contributed by atoms with Crippen LogP contribution in [-0.2, 0) is 4.79 Å². The third-order valence-electron chi connectivity index (χ3n) is 3.21. The van der Waals surface area contributed by atoms with Crippen molar-refractivity contribution >= 4 is 5.91 Å². The Morgan fingerprint density at radius 1 is 1.31 bits per heavy atom. The summed E-state index contributed by atoms with van der Waals surface area (Å²) in [6.07, 6.45) is -0.594. The van der Waals surface area contributed by atoms with Crippen LogP contribution < -0.4 is 5.32 Å². The van der Waals surface area contributed by atoms with E-state index in [1.165, 1.54) is 0 Å². The van der Waals surface area contributed by atoms with Crippen molar-refractivity contribution in [2.24, 2.45) is 0 Å². The molecule has 1 N–H and O–H groups in total. The van der Waals surface area contributed by atoms with E-state index >= 15 is 0 Å². The maximum absolute atomic E-state index is 12.1. The van der Waals surface area contributed by atoms with Gasteiger partial charge in [0, 0.05) is 12.6 Å². The predicted octanol–water partition coefficient (Wildman–Crippen LogP) is 1.29. The molecule has 1 atom stereocenters. The smallest absolute Gasteiger partial charge is 0.332 e. The Labute approximate surface area is 92.0 Å². The third-order valence-corrected chi connectivity index (χ3v) is 3.21. The van der Waals surface area contributed by atoms with E-state index in [0.29, 0.717) is 12.5 Å². The maximum Gasteiger partial charge on any atom is 0.406 e. The lowest BCUT2D eigenvalue weighted by atomic mass is 9.92. The fraction of sp³-hybridized carbons (Fsp3) is 0.900. The Bertz CT molecular complexity index is 276. The molecule has 1 saturated heterocycles. The van der Waals surface area contributed by atoms with Crippen molar-refractivity contribution in [3.8, 4) is 0 Å². The average molecular weight is 236 g/mol. The van der Waals surface area contributed by atoms with Crippen molar-refractivity contribution < 1.29 is 18.0 Å². The van der Waals surface area contributed by atoms with Crippen LogP contribution in [0.25, 0.3) is 0 Å². The van der Waals surface area contributed by atoms with E-state index in [2.05, 4.69) is 5.32 Å². The summed E-state index contributed by atoms with van der Waals surface area (Å²) in [5.41, 5.74) is 0. The minimum atomic E-state index is -4.29. The number of hydrogen-bond acceptors (Lipinski definition) is 2. The average Bonchev–Trinajstić information content (AvgIpc) is 2.39. The molecule has 0 spiro atoms. The van der Waals surface area contributed by atoms with Crippen molar-refractivity contribution in [3.05, 3.63) is 0 Å². The molecule has 1 heterocycles. The molecule has 1 aliphatic heterocycles. The summed E-state index contributed by atoms with van der Waals surface area (Å²) in [5.74, 6) is -0.399. The Morgan fingerprint density at radius 2 is 2.00 bits per heavy atom. The zero-order chi connectivity index (χ0) is 11.8. The molecule has 0 aromatic rings. The lowest BCUT2D eigenvalue weighted by Gasteiger charge is -2.29. The lowest BCUT2D eigenvalue weighted by molar-refractivity contribution is -0.158. The van der Waals surface area contributed by atoms with Crippen molar-refractivity contribution in [1.82, 2.24) is 10.2 Å². The van der Waals surface area contributed by atoms with E-state index < -0.39 is 24.7 Å². The highest BCUT2D eigenvalue weighted by Gasteiger charge is 2.40. The monoisotopic (exact) mass is 236 g/mol. The topological polar surface area (TPSA) is 32.3 Å². The van der Waals surface area contributed by atoms with Crippen LogP contribution in [0.5, 0.6) is 0 Å². The van der Waals surface area contributed by atoms with Gasteiger partial charge in [0.2, 0.25) is 5.91 Å². The number of carbonyl (C=O) groups is 1. The Morgan fingerprint density at radius 3 is 2.50 bits per heavy atom. The largest absolute Gasteiger partial charge is 0.406 e. The second-order valence-corrected chi connectivity index (χ2v) is 4.51. The minimum Gasteiger partial charge on any atom is -0.332 e. The van der Waals surface area contributed by atoms with Gasteiger partial charge in [-0.05, 0) is 19.3 Å². The Balaban J connectivity index is 1.83. The Kier molecular flexibility index (Phi) is 3.10. The molecule has 0 aromatic carbocycles. The number of carbonyl (C=O) groups excluding carboxylic acids is 1. The van der Waals surface area contributed by atoms with Crippen LogP contribution >= 0.6 is 0 Å². The van der Waals surface area contributed by atoms with E-state index in [9.17, 15) is 18.0 Å². The summed E-state index contributed by atoms with van der Waals surface area (Å²) >= 11 is 0. The van der Waals surface area contributed by atoms with Crippen LogP contribution in [0.4, 0.5) is 13.2 Å². The highest BCUT2D eigenvalue weighted by molar-refractivity contribution is 5.84. The standard InChI is InChI=1S/C10H15F3N2O/c11-10(12,13)6-15-5-4-8(9(15)16)14-7-2-1-3-7/h7-8,14H,1-6H2. The van der Waals surface area contributed by atoms with Crippen molar-refractivity contribution in [1.29, 1.82) is 0 Å². The second-order valence-electron chi connectivity index (χ2n) is 4.51. The fourth-order valence-electron chi connectivity index (χ4n) is 2.13. The molecule has 3 nitrogen and oxygen atoms in total. The van der Waals surface area contributed by atoms with Crippen LogP contribution in [0.1, 0.15) is 25.7 Å². The van der Waals surface area contributed by atoms with E-state index in [1.807, 2.05) is 0 Å². The zero-order valence-electron chi connectivity index (χ0n) is 8.89. The molecule has 2 rings (SSSR count). The number of halogens is 3. The molecule has 1 saturated carbocycles. The first-order chi connectivity index (χ1) is 7.46. The lowest BCUT2D eigenvalue weighted by Crippen LogP contribution is -2.47. The first-order valence-corrected chi connectivity index (χ1v) is 5.57. The molecule has 92 valence electrons. The molecule has 2 fully saturated rings. The third kappa shape index (κ3) is 2.66. The van der Waals surface area contributed by atoms with Gasteiger partial charge in [-0.2, -0.15) is 13.2 Å². The molecule has 1 aliphatic carbocycles. The number of nitrogens with one attached hydrogen (secondary N) is 1. The Hall–Kier alpha value is -0.780. The first kappa shape index (κ1) is 11.7. The van der Waals surface area contributed by atoms with Gasteiger partial charge in [0.1, 0.15) is 6.54 Å². The SMILES string of the molecule is O=C1C(NC2CCC2)CCN1CC(F)(F)F. The molecule has 16 heavy (non-hydrogen) atoms. The van der Waals surface area contributed by atoms with Crippen molar-refractivity contribution in [3.63, 3.8) is 0 Å². The van der Waals surface area contributed by atoms with Crippen molar-refractivity contribution in [2.75, 3.05) is 13.1 Å². The highest BCUT2D eigenvalue weighted by Crippen LogP contribution is 2.24. The van der Waals surface area contributed by atoms with E-state index in [4.69, 9.17) is 0 Å². The molecule has 6 heteroatoms. The van der Waals surface area contributed by atoms with Crippen LogP contribution in [0.3, 0.4) is 0 Å². The number of rotatable bonds is 3. The van der Waals surface area contributed by atoms with E-state index in [0.717, 1.165) is 24.2 Å². The summed E-state index contributed by atoms with van der Waals surface area (Å²) in [6.45, 7) is -0.905. The molecule has 1 amide bonds. The van der Waals surface area contributed by atoms with Gasteiger partial charge in [-0.1, -0.05) is 6.42 Å². The summed E-state index contributed by atoms with van der Waals surface area (Å²) in [6, 6.07) is -0.0626. The maximum atomic E-state index is 12.1. The fourth-order valence-corrected chi connectivity index (χ4v) is 2.13. The molecule has 0 aromatic heterocycles. The molecule has 2 aliphatic rings. The van der Waals surface area contributed by atoms with Gasteiger partial charge in [0.25, 0.3) is 0 Å². The van der Waals surface area contributed by atoms with Crippen LogP contribution in [0, 0.1) is 0 Å². The quantitative estimate of drug-likeness (QED) is 0.801. The van der Waals surface area contributed by atoms with E-state index in [-0.39, 0.29) is 6.54 Å². The van der Waals surface area contributed by atoms with Gasteiger partial charge in [-0.3, -0.25) is 4.79 Å². The summed E-state index contributed by atoms with van der Waals surface area (Å²) < 4.78 is 36.4. The van der Waals surface area contributed by atoms with Crippen LogP contribution in [-0.4, -0.2) is 42.2 Å².